The van der Waals surface area contributed by atoms with Crippen molar-refractivity contribution in [2.45, 2.75) is 17.3 Å². The van der Waals surface area contributed by atoms with Gasteiger partial charge in [0.15, 0.2) is 0 Å². The summed E-state index contributed by atoms with van der Waals surface area (Å²) >= 11 is 12.8. The van der Waals surface area contributed by atoms with Gasteiger partial charge in [0.05, 0.1) is 15.1 Å². The first-order chi connectivity index (χ1) is 8.93. The molecule has 104 valence electrons. The van der Waals surface area contributed by atoms with Crippen molar-refractivity contribution in [1.82, 2.24) is 9.29 Å². The molecule has 4 nitrogen and oxygen atoms in total. The van der Waals surface area contributed by atoms with Gasteiger partial charge in [-0.25, -0.2) is 8.42 Å². The van der Waals surface area contributed by atoms with E-state index in [1.165, 1.54) is 28.9 Å². The number of hydrogen-bond acceptors (Lipinski definition) is 3. The number of aromatic nitrogens is 1. The Hall–Kier alpha value is -0.530. The highest BCUT2D eigenvalue weighted by Gasteiger charge is 2.22. The first-order valence-electron chi connectivity index (χ1n) is 5.37. The first kappa shape index (κ1) is 14.9. The van der Waals surface area contributed by atoms with Crippen molar-refractivity contribution in [3.05, 3.63) is 39.3 Å². The van der Waals surface area contributed by atoms with E-state index < -0.39 is 10.0 Å². The normalized spacial score (nSPS) is 12.2. The number of H-pyrrole nitrogens is 1. The summed E-state index contributed by atoms with van der Waals surface area (Å²) in [7, 11) is -1.97. The zero-order chi connectivity index (χ0) is 14.0. The Morgan fingerprint density at radius 2 is 2.16 bits per heavy atom. The third-order valence-electron chi connectivity index (χ3n) is 2.58. The van der Waals surface area contributed by atoms with Crippen LogP contribution >= 0.6 is 34.5 Å². The van der Waals surface area contributed by atoms with E-state index in [1.54, 1.807) is 12.1 Å². The minimum atomic E-state index is -3.51. The molecule has 2 aromatic rings. The molecule has 0 spiro atoms. The van der Waals surface area contributed by atoms with Crippen LogP contribution in [-0.4, -0.2) is 24.8 Å². The van der Waals surface area contributed by atoms with Gasteiger partial charge in [-0.3, -0.25) is 0 Å². The predicted octanol–water partition coefficient (Wildman–Crippen LogP) is 3.29. The van der Waals surface area contributed by atoms with E-state index in [9.17, 15) is 8.42 Å². The van der Waals surface area contributed by atoms with Crippen LogP contribution in [0.4, 0.5) is 0 Å². The lowest BCUT2D eigenvalue weighted by atomic mass is 10.5. The van der Waals surface area contributed by atoms with Gasteiger partial charge in [-0.15, -0.1) is 22.9 Å². The molecule has 19 heavy (non-hydrogen) atoms. The number of hydrogen-bond donors (Lipinski definition) is 1. The van der Waals surface area contributed by atoms with Crippen LogP contribution in [0.3, 0.4) is 0 Å². The Bertz CT molecular complexity index is 664. The number of nitrogens with one attached hydrogen (secondary N) is 1. The fourth-order valence-corrected chi connectivity index (χ4v) is 4.11. The molecule has 0 aliphatic heterocycles. The number of nitrogens with zero attached hydrogens (tertiary/aromatic N) is 1. The van der Waals surface area contributed by atoms with Gasteiger partial charge in [-0.2, -0.15) is 4.31 Å². The summed E-state index contributed by atoms with van der Waals surface area (Å²) in [5, 5.41) is 0. The highest BCUT2D eigenvalue weighted by Crippen LogP contribution is 2.25. The molecule has 0 aliphatic rings. The second kappa shape index (κ2) is 5.85. The molecule has 0 radical (unpaired) electrons. The molecule has 0 aliphatic carbocycles. The highest BCUT2D eigenvalue weighted by atomic mass is 35.5. The third-order valence-corrected chi connectivity index (χ3v) is 5.86. The molecule has 0 bridgehead atoms. The summed E-state index contributed by atoms with van der Waals surface area (Å²) in [5.74, 6) is 0.250. The lowest BCUT2D eigenvalue weighted by Gasteiger charge is -2.15. The lowest BCUT2D eigenvalue weighted by Crippen LogP contribution is -2.25. The summed E-state index contributed by atoms with van der Waals surface area (Å²) in [6, 6.07) is 5.12. The van der Waals surface area contributed by atoms with Gasteiger partial charge in [0.1, 0.15) is 0 Å². The number of sulfonamides is 1. The second-order valence-electron chi connectivity index (χ2n) is 3.96. The van der Waals surface area contributed by atoms with E-state index >= 15 is 0 Å². The van der Waals surface area contributed by atoms with E-state index in [2.05, 4.69) is 4.98 Å². The molecule has 0 aromatic carbocycles. The average Bonchev–Trinajstić information content (AvgIpc) is 2.98. The van der Waals surface area contributed by atoms with Crippen molar-refractivity contribution in [3.63, 3.8) is 0 Å². The maximum Gasteiger partial charge on any atom is 0.244 e. The van der Waals surface area contributed by atoms with Crippen molar-refractivity contribution in [3.8, 4) is 0 Å². The van der Waals surface area contributed by atoms with Crippen molar-refractivity contribution >= 4 is 44.6 Å². The van der Waals surface area contributed by atoms with E-state index in [-0.39, 0.29) is 10.8 Å². The summed E-state index contributed by atoms with van der Waals surface area (Å²) < 4.78 is 26.5. The number of thiophene rings is 1. The van der Waals surface area contributed by atoms with E-state index in [1.807, 2.05) is 6.07 Å². The minimum absolute atomic E-state index is 0.216. The fraction of sp³-hybridized carbons (Fsp3) is 0.273. The Morgan fingerprint density at radius 3 is 2.68 bits per heavy atom. The second-order valence-corrected chi connectivity index (χ2v) is 8.07. The predicted molar refractivity (Wildman–Crippen MR) is 78.3 cm³/mol. The molecule has 0 atom stereocenters. The van der Waals surface area contributed by atoms with Gasteiger partial charge in [0, 0.05) is 30.4 Å². The van der Waals surface area contributed by atoms with Crippen LogP contribution in [0.25, 0.3) is 0 Å². The summed E-state index contributed by atoms with van der Waals surface area (Å²) in [5.41, 5.74) is 0.674. The molecule has 2 aromatic heterocycles. The number of alkyl halides is 1. The van der Waals surface area contributed by atoms with Crippen molar-refractivity contribution in [1.29, 1.82) is 0 Å². The van der Waals surface area contributed by atoms with Crippen LogP contribution in [0.2, 0.25) is 4.34 Å². The molecule has 0 saturated carbocycles. The molecule has 0 unspecified atom stereocenters. The van der Waals surface area contributed by atoms with Gasteiger partial charge < -0.3 is 4.98 Å². The number of rotatable bonds is 5. The molecular formula is C11H12Cl2N2O2S2. The quantitative estimate of drug-likeness (QED) is 0.850. The average molecular weight is 339 g/mol. The van der Waals surface area contributed by atoms with E-state index in [0.29, 0.717) is 16.6 Å². The standard InChI is InChI=1S/C11H12Cl2N2O2S2/c1-15(7-9-2-3-11(13)18-9)19(16,17)10-4-8(5-12)14-6-10/h2-4,6,14H,5,7H2,1H3. The molecule has 1 N–H and O–H groups in total. The number of halogens is 2. The van der Waals surface area contributed by atoms with E-state index in [4.69, 9.17) is 23.2 Å². The zero-order valence-electron chi connectivity index (χ0n) is 10.1. The maximum atomic E-state index is 12.3. The van der Waals surface area contributed by atoms with Crippen LogP contribution < -0.4 is 0 Å². The van der Waals surface area contributed by atoms with Crippen molar-refractivity contribution in [2.75, 3.05) is 7.05 Å². The summed E-state index contributed by atoms with van der Waals surface area (Å²) in [6.07, 6.45) is 1.45. The Kier molecular flexibility index (Phi) is 4.58. The smallest absolute Gasteiger partial charge is 0.244 e. The fourth-order valence-electron chi connectivity index (χ4n) is 1.57. The van der Waals surface area contributed by atoms with Gasteiger partial charge in [-0.05, 0) is 18.2 Å². The third kappa shape index (κ3) is 3.32. The Labute approximate surface area is 126 Å². The largest absolute Gasteiger partial charge is 0.363 e. The van der Waals surface area contributed by atoms with Crippen molar-refractivity contribution < 1.29 is 8.42 Å². The Balaban J connectivity index is 2.19. The first-order valence-corrected chi connectivity index (χ1v) is 8.54. The van der Waals surface area contributed by atoms with E-state index in [0.717, 1.165) is 4.88 Å². The minimum Gasteiger partial charge on any atom is -0.363 e. The molecule has 2 heterocycles. The zero-order valence-corrected chi connectivity index (χ0v) is 13.2. The van der Waals surface area contributed by atoms with Crippen molar-refractivity contribution in [2.24, 2.45) is 0 Å². The maximum absolute atomic E-state index is 12.3. The molecule has 2 rings (SSSR count). The molecule has 0 fully saturated rings. The monoisotopic (exact) mass is 338 g/mol. The van der Waals surface area contributed by atoms with Gasteiger partial charge in [0.25, 0.3) is 0 Å². The van der Waals surface area contributed by atoms with Gasteiger partial charge in [0.2, 0.25) is 10.0 Å². The summed E-state index contributed by atoms with van der Waals surface area (Å²) in [6.45, 7) is 0.293. The van der Waals surface area contributed by atoms with Crippen LogP contribution in [0.1, 0.15) is 10.6 Å². The van der Waals surface area contributed by atoms with Gasteiger partial charge >= 0.3 is 0 Å². The van der Waals surface area contributed by atoms with Crippen LogP contribution in [-0.2, 0) is 22.4 Å². The molecular weight excluding hydrogens is 327 g/mol. The van der Waals surface area contributed by atoms with Gasteiger partial charge in [-0.1, -0.05) is 11.6 Å². The molecule has 8 heteroatoms. The molecule has 0 amide bonds. The topological polar surface area (TPSA) is 53.2 Å². The number of aromatic amines is 1. The Morgan fingerprint density at radius 1 is 1.42 bits per heavy atom. The highest BCUT2D eigenvalue weighted by molar-refractivity contribution is 7.89. The SMILES string of the molecule is CN(Cc1ccc(Cl)s1)S(=O)(=O)c1c[nH]c(CCl)c1. The van der Waals surface area contributed by atoms with Crippen LogP contribution in [0.15, 0.2) is 29.3 Å². The van der Waals surface area contributed by atoms with Crippen LogP contribution in [0.5, 0.6) is 0 Å². The molecule has 0 saturated heterocycles. The summed E-state index contributed by atoms with van der Waals surface area (Å²) in [4.78, 5) is 3.94. The lowest BCUT2D eigenvalue weighted by molar-refractivity contribution is 0.470. The van der Waals surface area contributed by atoms with Crippen LogP contribution in [0, 0.1) is 0 Å².